The molecule has 0 saturated carbocycles. The molecule has 0 unspecified atom stereocenters. The molecule has 0 radical (unpaired) electrons. The molecule has 2 rings (SSSR count). The average molecular weight is 276 g/mol. The van der Waals surface area contributed by atoms with Crippen molar-refractivity contribution in [1.82, 2.24) is 15.3 Å². The third-order valence-corrected chi connectivity index (χ3v) is 3.08. The van der Waals surface area contributed by atoms with E-state index in [1.807, 2.05) is 37.3 Å². The Labute approximate surface area is 119 Å². The number of hydrogen-bond donors (Lipinski definition) is 1. The van der Waals surface area contributed by atoms with E-state index in [0.29, 0.717) is 10.8 Å². The zero-order valence-corrected chi connectivity index (χ0v) is 12.0. The highest BCUT2D eigenvalue weighted by molar-refractivity contribution is 6.33. The molecular formula is C15H18ClN3. The van der Waals surface area contributed by atoms with Gasteiger partial charge in [-0.3, -0.25) is 0 Å². The van der Waals surface area contributed by atoms with Gasteiger partial charge in [0.2, 0.25) is 0 Å². The van der Waals surface area contributed by atoms with E-state index in [2.05, 4.69) is 22.2 Å². The summed E-state index contributed by atoms with van der Waals surface area (Å²) in [5.41, 5.74) is 2.83. The van der Waals surface area contributed by atoms with E-state index in [1.165, 1.54) is 0 Å². The van der Waals surface area contributed by atoms with Crippen molar-refractivity contribution in [2.24, 2.45) is 0 Å². The van der Waals surface area contributed by atoms with Crippen LogP contribution in [0.2, 0.25) is 5.02 Å². The van der Waals surface area contributed by atoms with Gasteiger partial charge in [0.15, 0.2) is 5.82 Å². The van der Waals surface area contributed by atoms with Crippen LogP contribution in [0.1, 0.15) is 24.7 Å². The summed E-state index contributed by atoms with van der Waals surface area (Å²) in [4.78, 5) is 9.05. The molecule has 1 N–H and O–H groups in total. The maximum atomic E-state index is 6.19. The third kappa shape index (κ3) is 3.75. The van der Waals surface area contributed by atoms with Crippen molar-refractivity contribution < 1.29 is 0 Å². The normalized spacial score (nSPS) is 10.7. The number of hydrogen-bond acceptors (Lipinski definition) is 3. The molecule has 1 aromatic heterocycles. The zero-order chi connectivity index (χ0) is 13.7. The van der Waals surface area contributed by atoms with Crippen molar-refractivity contribution in [2.75, 3.05) is 6.54 Å². The molecule has 4 heteroatoms. The summed E-state index contributed by atoms with van der Waals surface area (Å²) in [5, 5.41) is 4.03. The van der Waals surface area contributed by atoms with E-state index in [1.54, 1.807) is 0 Å². The van der Waals surface area contributed by atoms with Crippen LogP contribution in [0.5, 0.6) is 0 Å². The van der Waals surface area contributed by atoms with Crippen molar-refractivity contribution >= 4 is 11.6 Å². The van der Waals surface area contributed by atoms with E-state index in [9.17, 15) is 0 Å². The highest BCUT2D eigenvalue weighted by Crippen LogP contribution is 2.24. The fraction of sp³-hybridized carbons (Fsp3) is 0.333. The van der Waals surface area contributed by atoms with Crippen molar-refractivity contribution in [1.29, 1.82) is 0 Å². The monoisotopic (exact) mass is 275 g/mol. The maximum absolute atomic E-state index is 6.19. The van der Waals surface area contributed by atoms with Gasteiger partial charge in [0, 0.05) is 17.8 Å². The predicted molar refractivity (Wildman–Crippen MR) is 79.2 cm³/mol. The van der Waals surface area contributed by atoms with Crippen LogP contribution >= 0.6 is 11.6 Å². The molecular weight excluding hydrogens is 258 g/mol. The van der Waals surface area contributed by atoms with Crippen LogP contribution in [-0.4, -0.2) is 16.5 Å². The van der Waals surface area contributed by atoms with E-state index in [4.69, 9.17) is 11.6 Å². The molecule has 0 spiro atoms. The molecule has 2 aromatic rings. The van der Waals surface area contributed by atoms with Gasteiger partial charge in [0.1, 0.15) is 0 Å². The first-order valence-corrected chi connectivity index (χ1v) is 6.88. The molecule has 3 nitrogen and oxygen atoms in total. The van der Waals surface area contributed by atoms with Gasteiger partial charge in [-0.15, -0.1) is 0 Å². The van der Waals surface area contributed by atoms with E-state index >= 15 is 0 Å². The Bertz CT molecular complexity index is 555. The van der Waals surface area contributed by atoms with E-state index in [-0.39, 0.29) is 0 Å². The first kappa shape index (κ1) is 14.0. The van der Waals surface area contributed by atoms with Crippen LogP contribution in [0.4, 0.5) is 0 Å². The molecule has 0 aliphatic rings. The van der Waals surface area contributed by atoms with Crippen LogP contribution in [0.3, 0.4) is 0 Å². The molecule has 1 aromatic carbocycles. The average Bonchev–Trinajstić information content (AvgIpc) is 2.39. The molecule has 1 heterocycles. The van der Waals surface area contributed by atoms with Crippen LogP contribution < -0.4 is 5.32 Å². The van der Waals surface area contributed by atoms with E-state index < -0.39 is 0 Å². The van der Waals surface area contributed by atoms with Gasteiger partial charge in [-0.2, -0.15) is 0 Å². The topological polar surface area (TPSA) is 37.8 Å². The zero-order valence-electron chi connectivity index (χ0n) is 11.3. The first-order chi connectivity index (χ1) is 9.20. The minimum atomic E-state index is 0.681. The summed E-state index contributed by atoms with van der Waals surface area (Å²) in [5.74, 6) is 0.693. The second-order valence-electron chi connectivity index (χ2n) is 4.48. The first-order valence-electron chi connectivity index (χ1n) is 6.51. The van der Waals surface area contributed by atoms with Crippen molar-refractivity contribution in [3.8, 4) is 11.4 Å². The number of aromatic nitrogens is 2. The number of rotatable bonds is 5. The van der Waals surface area contributed by atoms with Gasteiger partial charge < -0.3 is 5.32 Å². The van der Waals surface area contributed by atoms with Gasteiger partial charge in [0.05, 0.1) is 10.7 Å². The molecule has 0 aliphatic heterocycles. The Morgan fingerprint density at radius 3 is 2.74 bits per heavy atom. The Morgan fingerprint density at radius 1 is 1.21 bits per heavy atom. The van der Waals surface area contributed by atoms with Crippen LogP contribution in [0.15, 0.2) is 30.3 Å². The predicted octanol–water partition coefficient (Wildman–Crippen LogP) is 3.61. The molecule has 0 amide bonds. The molecule has 0 saturated heterocycles. The minimum absolute atomic E-state index is 0.681. The van der Waals surface area contributed by atoms with Crippen molar-refractivity contribution in [2.45, 2.75) is 26.8 Å². The largest absolute Gasteiger partial charge is 0.311 e. The van der Waals surface area contributed by atoms with Crippen molar-refractivity contribution in [3.05, 3.63) is 46.7 Å². The highest BCUT2D eigenvalue weighted by Gasteiger charge is 2.08. The molecule has 0 bridgehead atoms. The lowest BCUT2D eigenvalue weighted by atomic mass is 10.2. The van der Waals surface area contributed by atoms with Crippen LogP contribution in [0, 0.1) is 6.92 Å². The van der Waals surface area contributed by atoms with Gasteiger partial charge >= 0.3 is 0 Å². The lowest BCUT2D eigenvalue weighted by molar-refractivity contribution is 0.663. The Hall–Kier alpha value is -1.45. The summed E-state index contributed by atoms with van der Waals surface area (Å²) in [6.45, 7) is 5.87. The third-order valence-electron chi connectivity index (χ3n) is 2.75. The fourth-order valence-electron chi connectivity index (χ4n) is 1.88. The van der Waals surface area contributed by atoms with E-state index in [0.717, 1.165) is 36.5 Å². The fourth-order valence-corrected chi connectivity index (χ4v) is 2.10. The lowest BCUT2D eigenvalue weighted by Crippen LogP contribution is -2.15. The quantitative estimate of drug-likeness (QED) is 0.847. The highest BCUT2D eigenvalue weighted by atomic mass is 35.5. The molecule has 0 fully saturated rings. The number of benzene rings is 1. The number of aryl methyl sites for hydroxylation is 1. The Balaban J connectivity index is 2.29. The Kier molecular flexibility index (Phi) is 4.88. The minimum Gasteiger partial charge on any atom is -0.311 e. The molecule has 100 valence electrons. The maximum Gasteiger partial charge on any atom is 0.161 e. The van der Waals surface area contributed by atoms with Gasteiger partial charge in [-0.05, 0) is 38.1 Å². The summed E-state index contributed by atoms with van der Waals surface area (Å²) in [7, 11) is 0. The number of halogens is 1. The Morgan fingerprint density at radius 2 is 2.00 bits per heavy atom. The molecule has 19 heavy (non-hydrogen) atoms. The van der Waals surface area contributed by atoms with Gasteiger partial charge in [-0.1, -0.05) is 30.7 Å². The molecule has 0 aliphatic carbocycles. The summed E-state index contributed by atoms with van der Waals surface area (Å²) < 4.78 is 0. The van der Waals surface area contributed by atoms with Crippen molar-refractivity contribution in [3.63, 3.8) is 0 Å². The summed E-state index contributed by atoms with van der Waals surface area (Å²) >= 11 is 6.19. The molecule has 0 atom stereocenters. The van der Waals surface area contributed by atoms with Gasteiger partial charge in [-0.25, -0.2) is 9.97 Å². The second-order valence-corrected chi connectivity index (χ2v) is 4.89. The van der Waals surface area contributed by atoms with Crippen LogP contribution in [-0.2, 0) is 6.54 Å². The van der Waals surface area contributed by atoms with Gasteiger partial charge in [0.25, 0.3) is 0 Å². The summed E-state index contributed by atoms with van der Waals surface area (Å²) in [6, 6.07) is 9.66. The second kappa shape index (κ2) is 6.64. The summed E-state index contributed by atoms with van der Waals surface area (Å²) in [6.07, 6.45) is 1.11. The smallest absolute Gasteiger partial charge is 0.161 e. The van der Waals surface area contributed by atoms with Crippen LogP contribution in [0.25, 0.3) is 11.4 Å². The SMILES string of the molecule is CCCNCc1cc(C)nc(-c2ccccc2Cl)n1. The number of nitrogens with one attached hydrogen (secondary N) is 1. The number of nitrogens with zero attached hydrogens (tertiary/aromatic N) is 2. The standard InChI is InChI=1S/C15H18ClN3/c1-3-8-17-10-12-9-11(2)18-15(19-12)13-6-4-5-7-14(13)16/h4-7,9,17H,3,8,10H2,1-2H3. The lowest BCUT2D eigenvalue weighted by Gasteiger charge is -2.08.